The van der Waals surface area contributed by atoms with E-state index >= 15 is 0 Å². The molecule has 1 heterocycles. The smallest absolute Gasteiger partial charge is 0.126 e. The lowest BCUT2D eigenvalue weighted by Gasteiger charge is -2.00. The summed E-state index contributed by atoms with van der Waals surface area (Å²) < 4.78 is 5.26. The SMILES string of the molecule is Cc1ccoc1C1(C#N)CC1. The Morgan fingerprint density at radius 1 is 1.64 bits per heavy atom. The monoisotopic (exact) mass is 147 g/mol. The van der Waals surface area contributed by atoms with Crippen LogP contribution in [0.25, 0.3) is 0 Å². The second kappa shape index (κ2) is 1.88. The number of furan rings is 1. The van der Waals surface area contributed by atoms with Crippen LogP contribution in [0.15, 0.2) is 16.7 Å². The molecule has 1 aliphatic rings. The summed E-state index contributed by atoms with van der Waals surface area (Å²) in [6.45, 7) is 1.98. The van der Waals surface area contributed by atoms with Crippen molar-refractivity contribution in [1.82, 2.24) is 0 Å². The Morgan fingerprint density at radius 2 is 2.36 bits per heavy atom. The van der Waals surface area contributed by atoms with Crippen molar-refractivity contribution in [3.05, 3.63) is 23.7 Å². The van der Waals surface area contributed by atoms with Crippen molar-refractivity contribution < 1.29 is 4.42 Å². The molecular formula is C9H9NO. The van der Waals surface area contributed by atoms with E-state index in [1.54, 1.807) is 6.26 Å². The highest BCUT2D eigenvalue weighted by Crippen LogP contribution is 2.48. The third-order valence-corrected chi connectivity index (χ3v) is 2.26. The lowest BCUT2D eigenvalue weighted by Crippen LogP contribution is -2.01. The highest BCUT2D eigenvalue weighted by atomic mass is 16.3. The zero-order chi connectivity index (χ0) is 7.90. The van der Waals surface area contributed by atoms with Gasteiger partial charge in [0.2, 0.25) is 0 Å². The standard InChI is InChI=1S/C9H9NO/c1-7-2-5-11-8(7)9(6-10)3-4-9/h2,5H,3-4H2,1H3. The van der Waals surface area contributed by atoms with Crippen LogP contribution < -0.4 is 0 Å². The van der Waals surface area contributed by atoms with E-state index in [0.717, 1.165) is 24.2 Å². The van der Waals surface area contributed by atoms with Crippen molar-refractivity contribution in [3.63, 3.8) is 0 Å². The first-order chi connectivity index (χ1) is 5.28. The average molecular weight is 147 g/mol. The first-order valence-corrected chi connectivity index (χ1v) is 3.74. The molecular weight excluding hydrogens is 138 g/mol. The van der Waals surface area contributed by atoms with Gasteiger partial charge >= 0.3 is 0 Å². The lowest BCUT2D eigenvalue weighted by molar-refractivity contribution is 0.484. The van der Waals surface area contributed by atoms with Gasteiger partial charge in [0.05, 0.1) is 12.3 Å². The van der Waals surface area contributed by atoms with Crippen LogP contribution in [0.1, 0.15) is 24.2 Å². The van der Waals surface area contributed by atoms with Gasteiger partial charge in [0, 0.05) is 0 Å². The highest BCUT2D eigenvalue weighted by Gasteiger charge is 2.48. The minimum atomic E-state index is -0.256. The van der Waals surface area contributed by atoms with E-state index in [1.165, 1.54) is 0 Å². The van der Waals surface area contributed by atoms with Crippen molar-refractivity contribution in [2.75, 3.05) is 0 Å². The molecule has 1 saturated carbocycles. The van der Waals surface area contributed by atoms with Gasteiger partial charge in [-0.15, -0.1) is 0 Å². The van der Waals surface area contributed by atoms with E-state index in [0.29, 0.717) is 0 Å². The Balaban J connectivity index is 2.45. The fraction of sp³-hybridized carbons (Fsp3) is 0.444. The lowest BCUT2D eigenvalue weighted by atomic mass is 10.0. The van der Waals surface area contributed by atoms with E-state index in [2.05, 4.69) is 6.07 Å². The van der Waals surface area contributed by atoms with Crippen LogP contribution in [0.2, 0.25) is 0 Å². The Bertz CT molecular complexity index is 315. The number of hydrogen-bond donors (Lipinski definition) is 0. The summed E-state index contributed by atoms with van der Waals surface area (Å²) in [5, 5.41) is 8.84. The van der Waals surface area contributed by atoms with Crippen molar-refractivity contribution in [1.29, 1.82) is 5.26 Å². The summed E-state index contributed by atoms with van der Waals surface area (Å²) in [6.07, 6.45) is 3.57. The molecule has 1 aromatic rings. The second-order valence-corrected chi connectivity index (χ2v) is 3.13. The predicted octanol–water partition coefficient (Wildman–Crippen LogP) is 2.14. The van der Waals surface area contributed by atoms with Crippen LogP contribution in [0.3, 0.4) is 0 Å². The van der Waals surface area contributed by atoms with Crippen LogP contribution in [0, 0.1) is 18.3 Å². The van der Waals surface area contributed by atoms with E-state index in [4.69, 9.17) is 9.68 Å². The molecule has 0 bridgehead atoms. The van der Waals surface area contributed by atoms with Crippen LogP contribution in [-0.4, -0.2) is 0 Å². The summed E-state index contributed by atoms with van der Waals surface area (Å²) in [5.41, 5.74) is 0.845. The van der Waals surface area contributed by atoms with E-state index < -0.39 is 0 Å². The van der Waals surface area contributed by atoms with Crippen LogP contribution in [0.5, 0.6) is 0 Å². The van der Waals surface area contributed by atoms with Crippen molar-refractivity contribution in [2.45, 2.75) is 25.2 Å². The number of aryl methyl sites for hydroxylation is 1. The summed E-state index contributed by atoms with van der Waals surface area (Å²) >= 11 is 0. The Hall–Kier alpha value is -1.23. The van der Waals surface area contributed by atoms with Gasteiger partial charge in [-0.1, -0.05) is 0 Å². The molecule has 0 aromatic carbocycles. The maximum Gasteiger partial charge on any atom is 0.126 e. The van der Waals surface area contributed by atoms with Gasteiger partial charge < -0.3 is 4.42 Å². The quantitative estimate of drug-likeness (QED) is 0.610. The number of hydrogen-bond acceptors (Lipinski definition) is 2. The van der Waals surface area contributed by atoms with Gasteiger partial charge in [0.25, 0.3) is 0 Å². The second-order valence-electron chi connectivity index (χ2n) is 3.13. The molecule has 0 N–H and O–H groups in total. The number of rotatable bonds is 1. The van der Waals surface area contributed by atoms with Crippen molar-refractivity contribution >= 4 is 0 Å². The Kier molecular flexibility index (Phi) is 1.11. The molecule has 0 radical (unpaired) electrons. The predicted molar refractivity (Wildman–Crippen MR) is 40.0 cm³/mol. The molecule has 0 spiro atoms. The molecule has 2 rings (SSSR count). The number of nitrogens with zero attached hydrogens (tertiary/aromatic N) is 1. The average Bonchev–Trinajstić information content (AvgIpc) is 2.70. The topological polar surface area (TPSA) is 36.9 Å². The fourth-order valence-electron chi connectivity index (χ4n) is 1.38. The molecule has 56 valence electrons. The summed E-state index contributed by atoms with van der Waals surface area (Å²) in [4.78, 5) is 0. The van der Waals surface area contributed by atoms with Crippen LogP contribution >= 0.6 is 0 Å². The Labute approximate surface area is 65.4 Å². The normalized spacial score (nSPS) is 19.3. The summed E-state index contributed by atoms with van der Waals surface area (Å²) in [7, 11) is 0. The van der Waals surface area contributed by atoms with Gasteiger partial charge in [-0.2, -0.15) is 5.26 Å². The molecule has 1 aromatic heterocycles. The largest absolute Gasteiger partial charge is 0.467 e. The van der Waals surface area contributed by atoms with Crippen molar-refractivity contribution in [2.24, 2.45) is 0 Å². The molecule has 0 atom stereocenters. The van der Waals surface area contributed by atoms with Crippen molar-refractivity contribution in [3.8, 4) is 6.07 Å². The Morgan fingerprint density at radius 3 is 2.73 bits per heavy atom. The van der Waals surface area contributed by atoms with Gasteiger partial charge in [-0.05, 0) is 31.4 Å². The molecule has 2 nitrogen and oxygen atoms in total. The van der Waals surface area contributed by atoms with Gasteiger partial charge in [0.15, 0.2) is 0 Å². The molecule has 2 heteroatoms. The fourth-order valence-corrected chi connectivity index (χ4v) is 1.38. The minimum absolute atomic E-state index is 0.256. The zero-order valence-corrected chi connectivity index (χ0v) is 6.42. The molecule has 0 amide bonds. The third-order valence-electron chi connectivity index (χ3n) is 2.26. The van der Waals surface area contributed by atoms with E-state index in [1.807, 2.05) is 13.0 Å². The van der Waals surface area contributed by atoms with Gasteiger partial charge in [0.1, 0.15) is 11.2 Å². The molecule has 0 saturated heterocycles. The maximum atomic E-state index is 8.84. The maximum absolute atomic E-state index is 8.84. The molecule has 1 aliphatic carbocycles. The van der Waals surface area contributed by atoms with E-state index in [9.17, 15) is 0 Å². The summed E-state index contributed by atoms with van der Waals surface area (Å²) in [6, 6.07) is 4.21. The summed E-state index contributed by atoms with van der Waals surface area (Å²) in [5.74, 6) is 0.875. The number of nitriles is 1. The van der Waals surface area contributed by atoms with E-state index in [-0.39, 0.29) is 5.41 Å². The van der Waals surface area contributed by atoms with Crippen LogP contribution in [0.4, 0.5) is 0 Å². The first kappa shape index (κ1) is 6.48. The van der Waals surface area contributed by atoms with Gasteiger partial charge in [-0.25, -0.2) is 0 Å². The highest BCUT2D eigenvalue weighted by molar-refractivity contribution is 5.36. The minimum Gasteiger partial charge on any atom is -0.467 e. The zero-order valence-electron chi connectivity index (χ0n) is 6.42. The first-order valence-electron chi connectivity index (χ1n) is 3.74. The molecule has 1 fully saturated rings. The van der Waals surface area contributed by atoms with Gasteiger partial charge in [-0.3, -0.25) is 0 Å². The van der Waals surface area contributed by atoms with Crippen LogP contribution in [-0.2, 0) is 5.41 Å². The molecule has 0 aliphatic heterocycles. The molecule has 0 unspecified atom stereocenters. The third kappa shape index (κ3) is 0.775. The molecule has 11 heavy (non-hydrogen) atoms.